The number of phenolic OH excluding ortho intramolecular Hbond substituents is 1. The quantitative estimate of drug-likeness (QED) is 0.370. The molecular weight excluding hydrogens is 362 g/mol. The molecule has 1 heterocycles. The number of aromatic nitrogens is 3. The Balaban J connectivity index is 1.66. The zero-order valence-electron chi connectivity index (χ0n) is 17.7. The normalized spacial score (nSPS) is 11.2. The van der Waals surface area contributed by atoms with E-state index in [1.54, 1.807) is 6.07 Å². The number of rotatable bonds is 12. The van der Waals surface area contributed by atoms with E-state index in [2.05, 4.69) is 24.0 Å². The molecule has 0 atom stereocenters. The van der Waals surface area contributed by atoms with Gasteiger partial charge in [-0.15, -0.1) is 15.0 Å². The van der Waals surface area contributed by atoms with Crippen molar-refractivity contribution in [2.24, 2.45) is 0 Å². The molecule has 0 saturated heterocycles. The van der Waals surface area contributed by atoms with E-state index in [1.165, 1.54) is 55.3 Å². The molecule has 0 radical (unpaired) electrons. The van der Waals surface area contributed by atoms with Crippen LogP contribution >= 0.6 is 0 Å². The highest BCUT2D eigenvalue weighted by molar-refractivity contribution is 5.75. The number of fused-ring (bicyclic) bond motifs is 1. The molecular formula is C24H33N3O2. The van der Waals surface area contributed by atoms with E-state index in [4.69, 9.17) is 4.74 Å². The first-order valence-corrected chi connectivity index (χ1v) is 11.0. The molecule has 3 aromatic rings. The fourth-order valence-corrected chi connectivity index (χ4v) is 3.48. The maximum Gasteiger partial charge on any atom is 0.143 e. The molecule has 1 aromatic heterocycles. The second kappa shape index (κ2) is 10.8. The van der Waals surface area contributed by atoms with Gasteiger partial charge in [0.25, 0.3) is 0 Å². The molecule has 3 rings (SSSR count). The van der Waals surface area contributed by atoms with E-state index in [1.807, 2.05) is 30.3 Å². The Morgan fingerprint density at radius 1 is 0.828 bits per heavy atom. The van der Waals surface area contributed by atoms with Gasteiger partial charge in [-0.05, 0) is 49.1 Å². The van der Waals surface area contributed by atoms with E-state index >= 15 is 0 Å². The minimum atomic E-state index is 0.191. The van der Waals surface area contributed by atoms with Gasteiger partial charge in [0.15, 0.2) is 0 Å². The minimum absolute atomic E-state index is 0.191. The molecule has 156 valence electrons. The molecule has 2 aromatic carbocycles. The number of unbranched alkanes of at least 4 members (excludes halogenated alkanes) is 6. The fraction of sp³-hybridized carbons (Fsp3) is 0.500. The number of aryl methyl sites for hydroxylation is 1. The van der Waals surface area contributed by atoms with Gasteiger partial charge >= 0.3 is 0 Å². The predicted molar refractivity (Wildman–Crippen MR) is 118 cm³/mol. The molecule has 0 unspecified atom stereocenters. The Morgan fingerprint density at radius 3 is 2.38 bits per heavy atom. The molecule has 0 saturated carbocycles. The summed E-state index contributed by atoms with van der Waals surface area (Å²) in [4.78, 5) is 1.53. The first-order valence-electron chi connectivity index (χ1n) is 11.0. The number of nitrogens with zero attached hydrogens (tertiary/aromatic N) is 3. The summed E-state index contributed by atoms with van der Waals surface area (Å²) in [6.07, 6.45) is 11.0. The lowest BCUT2D eigenvalue weighted by Gasteiger charge is -2.07. The van der Waals surface area contributed by atoms with Crippen molar-refractivity contribution in [3.63, 3.8) is 0 Å². The van der Waals surface area contributed by atoms with Crippen LogP contribution in [0.15, 0.2) is 36.4 Å². The number of ether oxygens (including phenoxy) is 1. The van der Waals surface area contributed by atoms with Gasteiger partial charge in [0, 0.05) is 6.07 Å². The van der Waals surface area contributed by atoms with Crippen LogP contribution in [-0.4, -0.2) is 26.7 Å². The summed E-state index contributed by atoms with van der Waals surface area (Å²) in [5, 5.41) is 19.4. The van der Waals surface area contributed by atoms with Crippen molar-refractivity contribution in [3.8, 4) is 17.2 Å². The van der Waals surface area contributed by atoms with Crippen LogP contribution < -0.4 is 4.74 Å². The largest absolute Gasteiger partial charge is 0.506 e. The van der Waals surface area contributed by atoms with Crippen LogP contribution in [0.5, 0.6) is 11.5 Å². The van der Waals surface area contributed by atoms with Gasteiger partial charge in [-0.2, -0.15) is 0 Å². The van der Waals surface area contributed by atoms with Crippen molar-refractivity contribution in [3.05, 3.63) is 42.0 Å². The molecule has 0 spiro atoms. The van der Waals surface area contributed by atoms with Gasteiger partial charge in [-0.3, -0.25) is 0 Å². The van der Waals surface area contributed by atoms with Crippen LogP contribution in [0.3, 0.4) is 0 Å². The lowest BCUT2D eigenvalue weighted by atomic mass is 10.0. The Morgan fingerprint density at radius 2 is 1.59 bits per heavy atom. The molecule has 0 fully saturated rings. The van der Waals surface area contributed by atoms with Crippen molar-refractivity contribution >= 4 is 11.0 Å². The SMILES string of the molecule is CCCCCCCCCc1ccc(O)c(-n2nc3ccc(OCCC)cc3n2)c1. The molecule has 0 amide bonds. The van der Waals surface area contributed by atoms with Crippen LogP contribution in [0.2, 0.25) is 0 Å². The lowest BCUT2D eigenvalue weighted by Crippen LogP contribution is -2.00. The second-order valence-corrected chi connectivity index (χ2v) is 7.68. The first kappa shape index (κ1) is 21.2. The van der Waals surface area contributed by atoms with E-state index in [-0.39, 0.29) is 5.75 Å². The molecule has 5 heteroatoms. The van der Waals surface area contributed by atoms with Crippen LogP contribution in [0, 0.1) is 0 Å². The lowest BCUT2D eigenvalue weighted by molar-refractivity contribution is 0.318. The standard InChI is InChI=1S/C24H33N3O2/c1-3-5-6-7-8-9-10-11-19-12-15-24(28)23(17-19)27-25-21-14-13-20(29-16-4-2)18-22(21)26-27/h12-15,17-18,28H,3-11,16H2,1-2H3. The maximum atomic E-state index is 10.4. The van der Waals surface area contributed by atoms with E-state index in [0.29, 0.717) is 12.3 Å². The molecule has 0 aliphatic carbocycles. The molecule has 0 aliphatic rings. The van der Waals surface area contributed by atoms with Gasteiger partial charge in [0.2, 0.25) is 0 Å². The third-order valence-corrected chi connectivity index (χ3v) is 5.15. The monoisotopic (exact) mass is 395 g/mol. The van der Waals surface area contributed by atoms with Crippen LogP contribution in [0.25, 0.3) is 16.7 Å². The van der Waals surface area contributed by atoms with Crippen LogP contribution in [-0.2, 0) is 6.42 Å². The van der Waals surface area contributed by atoms with E-state index in [0.717, 1.165) is 29.6 Å². The van der Waals surface area contributed by atoms with Gasteiger partial charge in [-0.1, -0.05) is 58.4 Å². The molecule has 1 N–H and O–H groups in total. The molecule has 0 bridgehead atoms. The Kier molecular flexibility index (Phi) is 7.91. The number of hydrogen-bond acceptors (Lipinski definition) is 4. The van der Waals surface area contributed by atoms with E-state index in [9.17, 15) is 5.11 Å². The topological polar surface area (TPSA) is 60.2 Å². The first-order chi connectivity index (χ1) is 14.2. The Bertz CT molecular complexity index is 904. The van der Waals surface area contributed by atoms with E-state index < -0.39 is 0 Å². The summed E-state index contributed by atoms with van der Waals surface area (Å²) in [6, 6.07) is 11.5. The van der Waals surface area contributed by atoms with Crippen LogP contribution in [0.4, 0.5) is 0 Å². The maximum absolute atomic E-state index is 10.4. The predicted octanol–water partition coefficient (Wildman–Crippen LogP) is 6.21. The highest BCUT2D eigenvalue weighted by atomic mass is 16.5. The number of benzene rings is 2. The third kappa shape index (κ3) is 5.96. The van der Waals surface area contributed by atoms with Crippen molar-refractivity contribution in [2.45, 2.75) is 71.6 Å². The van der Waals surface area contributed by atoms with Crippen molar-refractivity contribution in [2.75, 3.05) is 6.61 Å². The Hall–Kier alpha value is -2.56. The summed E-state index contributed by atoms with van der Waals surface area (Å²) in [5.74, 6) is 0.986. The average Bonchev–Trinajstić information content (AvgIpc) is 3.15. The van der Waals surface area contributed by atoms with Crippen LogP contribution in [0.1, 0.15) is 70.8 Å². The van der Waals surface area contributed by atoms with Gasteiger partial charge in [0.05, 0.1) is 6.61 Å². The molecule has 5 nitrogen and oxygen atoms in total. The van der Waals surface area contributed by atoms with Gasteiger partial charge < -0.3 is 9.84 Å². The second-order valence-electron chi connectivity index (χ2n) is 7.68. The van der Waals surface area contributed by atoms with Crippen molar-refractivity contribution < 1.29 is 9.84 Å². The number of aromatic hydroxyl groups is 1. The zero-order valence-corrected chi connectivity index (χ0v) is 17.7. The highest BCUT2D eigenvalue weighted by Crippen LogP contribution is 2.25. The number of phenols is 1. The summed E-state index contributed by atoms with van der Waals surface area (Å²) in [5.41, 5.74) is 3.37. The fourth-order valence-electron chi connectivity index (χ4n) is 3.48. The number of hydrogen-bond donors (Lipinski definition) is 1. The molecule has 0 aliphatic heterocycles. The zero-order chi connectivity index (χ0) is 20.5. The minimum Gasteiger partial charge on any atom is -0.506 e. The summed E-state index contributed by atoms with van der Waals surface area (Å²) in [7, 11) is 0. The average molecular weight is 396 g/mol. The van der Waals surface area contributed by atoms with Crippen molar-refractivity contribution in [1.29, 1.82) is 0 Å². The Labute approximate surface area is 173 Å². The summed E-state index contributed by atoms with van der Waals surface area (Å²) >= 11 is 0. The highest BCUT2D eigenvalue weighted by Gasteiger charge is 2.11. The summed E-state index contributed by atoms with van der Waals surface area (Å²) < 4.78 is 5.68. The summed E-state index contributed by atoms with van der Waals surface area (Å²) in [6.45, 7) is 5.01. The van der Waals surface area contributed by atoms with Gasteiger partial charge in [0.1, 0.15) is 28.2 Å². The third-order valence-electron chi connectivity index (χ3n) is 5.15. The molecule has 29 heavy (non-hydrogen) atoms. The van der Waals surface area contributed by atoms with Crippen molar-refractivity contribution in [1.82, 2.24) is 15.0 Å². The van der Waals surface area contributed by atoms with Gasteiger partial charge in [-0.25, -0.2) is 0 Å². The smallest absolute Gasteiger partial charge is 0.143 e.